The number of allylic oxidation sites excluding steroid dienone is 2. The molecule has 3 aromatic rings. The van der Waals surface area contributed by atoms with Gasteiger partial charge in [-0.05, 0) is 45.3 Å². The molecular weight excluding hydrogens is 542 g/mol. The van der Waals surface area contributed by atoms with Crippen molar-refractivity contribution < 1.29 is 14.3 Å². The molecule has 41 heavy (non-hydrogen) atoms. The van der Waals surface area contributed by atoms with E-state index in [9.17, 15) is 14.4 Å². The summed E-state index contributed by atoms with van der Waals surface area (Å²) in [6.07, 6.45) is 0.410. The summed E-state index contributed by atoms with van der Waals surface area (Å²) in [6, 6.07) is 8.75. The molecule has 1 saturated heterocycles. The first kappa shape index (κ1) is 28.8. The molecule has 0 saturated carbocycles. The fourth-order valence-corrected chi connectivity index (χ4v) is 6.02. The smallest absolute Gasteiger partial charge is 0.410 e. The van der Waals surface area contributed by atoms with Gasteiger partial charge < -0.3 is 14.5 Å². The lowest BCUT2D eigenvalue weighted by molar-refractivity contribution is 0.0218. The Labute approximate surface area is 244 Å². The van der Waals surface area contributed by atoms with Gasteiger partial charge in [0.1, 0.15) is 11.4 Å². The maximum atomic E-state index is 13.8. The molecule has 3 heterocycles. The topological polar surface area (TPSA) is 97.6 Å². The van der Waals surface area contributed by atoms with Gasteiger partial charge >= 0.3 is 11.8 Å². The van der Waals surface area contributed by atoms with E-state index in [0.29, 0.717) is 58.3 Å². The van der Waals surface area contributed by atoms with Crippen molar-refractivity contribution >= 4 is 46.5 Å². The van der Waals surface area contributed by atoms with E-state index in [2.05, 4.69) is 25.8 Å². The molecule has 2 aromatic heterocycles. The van der Waals surface area contributed by atoms with Gasteiger partial charge in [-0.15, -0.1) is 0 Å². The quantitative estimate of drug-likeness (QED) is 0.349. The molecule has 1 amide bonds. The number of piperazine rings is 1. The van der Waals surface area contributed by atoms with Gasteiger partial charge in [0.2, 0.25) is 0 Å². The largest absolute Gasteiger partial charge is 0.444 e. The van der Waals surface area contributed by atoms with Crippen molar-refractivity contribution in [2.75, 3.05) is 24.5 Å². The van der Waals surface area contributed by atoms with E-state index in [0.717, 1.165) is 12.0 Å². The summed E-state index contributed by atoms with van der Waals surface area (Å²) in [5.74, 6) is 0.871. The van der Waals surface area contributed by atoms with Crippen molar-refractivity contribution in [2.45, 2.75) is 60.1 Å². The third-order valence-corrected chi connectivity index (χ3v) is 7.94. The second-order valence-electron chi connectivity index (χ2n) is 12.1. The SMILES string of the molecule is CC(C)C1=C(n2c(=O)nc(N3CCN(C(=O)OC(C)(C)C)C[C@@H]3C)c3cc(Cl)c(-c4ccccc4C=O)nc32)C1C. The number of amides is 1. The first-order valence-electron chi connectivity index (χ1n) is 14.0. The number of halogens is 1. The lowest BCUT2D eigenvalue weighted by Crippen LogP contribution is -2.55. The van der Waals surface area contributed by atoms with Crippen LogP contribution in [0.15, 0.2) is 40.7 Å². The van der Waals surface area contributed by atoms with E-state index in [1.807, 2.05) is 38.7 Å². The van der Waals surface area contributed by atoms with Crippen molar-refractivity contribution in [3.05, 3.63) is 57.0 Å². The molecule has 1 aliphatic carbocycles. The number of aromatic nitrogens is 3. The summed E-state index contributed by atoms with van der Waals surface area (Å²) < 4.78 is 7.18. The Morgan fingerprint density at radius 3 is 2.46 bits per heavy atom. The standard InChI is InChI=1S/C31H36ClN5O4/c1-17(2)24-19(4)26(24)37-28-22(14-23(32)25(33-28)21-11-9-8-10-20(21)16-38)27(34-29(37)39)36-13-12-35(15-18(36)3)30(40)41-31(5,6)7/h8-11,14,16-19H,12-13,15H2,1-7H3/t18-,19?/m0/s1. The predicted molar refractivity (Wildman–Crippen MR) is 161 cm³/mol. The summed E-state index contributed by atoms with van der Waals surface area (Å²) in [4.78, 5) is 51.6. The van der Waals surface area contributed by atoms with Gasteiger partial charge in [0, 0.05) is 48.4 Å². The number of nitrogens with zero attached hydrogens (tertiary/aromatic N) is 5. The minimum absolute atomic E-state index is 0.128. The molecule has 1 aromatic carbocycles. The van der Waals surface area contributed by atoms with Gasteiger partial charge in [0.15, 0.2) is 11.9 Å². The summed E-state index contributed by atoms with van der Waals surface area (Å²) >= 11 is 6.84. The molecule has 9 nitrogen and oxygen atoms in total. The molecule has 216 valence electrons. The van der Waals surface area contributed by atoms with Crippen LogP contribution >= 0.6 is 11.6 Å². The molecule has 0 N–H and O–H groups in total. The van der Waals surface area contributed by atoms with Crippen LogP contribution in [0.2, 0.25) is 5.02 Å². The number of carbonyl (C=O) groups excluding carboxylic acids is 2. The zero-order valence-corrected chi connectivity index (χ0v) is 25.3. The molecule has 5 rings (SSSR count). The first-order valence-corrected chi connectivity index (χ1v) is 14.4. The number of aldehydes is 1. The zero-order chi connectivity index (χ0) is 29.8. The number of hydrogen-bond acceptors (Lipinski definition) is 7. The summed E-state index contributed by atoms with van der Waals surface area (Å²) in [7, 11) is 0. The van der Waals surface area contributed by atoms with Gasteiger partial charge in [-0.1, -0.05) is 56.6 Å². The van der Waals surface area contributed by atoms with Gasteiger partial charge in [0.05, 0.1) is 16.1 Å². The third kappa shape index (κ3) is 5.35. The Hall–Kier alpha value is -3.72. The van der Waals surface area contributed by atoms with Crippen LogP contribution < -0.4 is 10.6 Å². The Balaban J connectivity index is 1.65. The minimum Gasteiger partial charge on any atom is -0.444 e. The van der Waals surface area contributed by atoms with Crippen LogP contribution in [0, 0.1) is 11.8 Å². The van der Waals surface area contributed by atoms with Crippen molar-refractivity contribution in [3.63, 3.8) is 0 Å². The van der Waals surface area contributed by atoms with Crippen LogP contribution in [-0.2, 0) is 4.74 Å². The monoisotopic (exact) mass is 577 g/mol. The second-order valence-corrected chi connectivity index (χ2v) is 12.5. The van der Waals surface area contributed by atoms with Crippen molar-refractivity contribution in [1.29, 1.82) is 0 Å². The van der Waals surface area contributed by atoms with Gasteiger partial charge in [-0.25, -0.2) is 19.1 Å². The van der Waals surface area contributed by atoms with E-state index in [1.165, 1.54) is 5.57 Å². The van der Waals surface area contributed by atoms with Crippen LogP contribution in [0.25, 0.3) is 28.0 Å². The lowest BCUT2D eigenvalue weighted by atomic mass is 10.0. The normalized spacial score (nSPS) is 19.2. The number of anilines is 1. The van der Waals surface area contributed by atoms with Crippen LogP contribution in [0.3, 0.4) is 0 Å². The molecule has 1 aliphatic heterocycles. The highest BCUT2D eigenvalue weighted by molar-refractivity contribution is 6.34. The lowest BCUT2D eigenvalue weighted by Gasteiger charge is -2.41. The number of carbonyl (C=O) groups is 2. The van der Waals surface area contributed by atoms with Crippen molar-refractivity contribution in [1.82, 2.24) is 19.4 Å². The summed E-state index contributed by atoms with van der Waals surface area (Å²) in [5, 5.41) is 0.983. The fraction of sp³-hybridized carbons (Fsp3) is 0.452. The van der Waals surface area contributed by atoms with Gasteiger partial charge in [-0.2, -0.15) is 4.98 Å². The Morgan fingerprint density at radius 1 is 1.15 bits per heavy atom. The van der Waals surface area contributed by atoms with Crippen LogP contribution in [0.1, 0.15) is 58.8 Å². The second kappa shape index (κ2) is 10.6. The van der Waals surface area contributed by atoms with Gasteiger partial charge in [0.25, 0.3) is 0 Å². The van der Waals surface area contributed by atoms with Gasteiger partial charge in [-0.3, -0.25) is 4.79 Å². The molecule has 1 unspecified atom stereocenters. The van der Waals surface area contributed by atoms with Crippen LogP contribution in [0.4, 0.5) is 10.6 Å². The average Bonchev–Trinajstić information content (AvgIpc) is 3.57. The number of hydrogen-bond donors (Lipinski definition) is 0. The highest BCUT2D eigenvalue weighted by atomic mass is 35.5. The zero-order valence-electron chi connectivity index (χ0n) is 24.6. The maximum Gasteiger partial charge on any atom is 0.410 e. The molecule has 1 fully saturated rings. The number of pyridine rings is 1. The van der Waals surface area contributed by atoms with E-state index < -0.39 is 11.3 Å². The van der Waals surface area contributed by atoms with Crippen molar-refractivity contribution in [2.24, 2.45) is 11.8 Å². The van der Waals surface area contributed by atoms with E-state index in [1.54, 1.807) is 33.7 Å². The molecular formula is C31H36ClN5O4. The fourth-order valence-electron chi connectivity index (χ4n) is 5.77. The Kier molecular flexibility index (Phi) is 7.44. The van der Waals surface area contributed by atoms with E-state index in [4.69, 9.17) is 21.3 Å². The highest BCUT2D eigenvalue weighted by Gasteiger charge is 2.39. The summed E-state index contributed by atoms with van der Waals surface area (Å²) in [5.41, 5.74) is 3.00. The number of rotatable bonds is 5. The number of ether oxygens (including phenoxy) is 1. The Morgan fingerprint density at radius 2 is 1.85 bits per heavy atom. The Bertz CT molecular complexity index is 1640. The predicted octanol–water partition coefficient (Wildman–Crippen LogP) is 5.89. The number of fused-ring (bicyclic) bond motifs is 1. The van der Waals surface area contributed by atoms with E-state index in [-0.39, 0.29) is 24.0 Å². The molecule has 2 aliphatic rings. The minimum atomic E-state index is -0.591. The first-order chi connectivity index (χ1) is 19.3. The van der Waals surface area contributed by atoms with Crippen LogP contribution in [-0.4, -0.2) is 63.1 Å². The average molecular weight is 578 g/mol. The molecule has 0 spiro atoms. The third-order valence-electron chi connectivity index (χ3n) is 7.65. The molecule has 2 atom stereocenters. The molecule has 0 bridgehead atoms. The molecule has 0 radical (unpaired) electrons. The van der Waals surface area contributed by atoms with Crippen molar-refractivity contribution in [3.8, 4) is 11.3 Å². The van der Waals surface area contributed by atoms with E-state index >= 15 is 0 Å². The summed E-state index contributed by atoms with van der Waals surface area (Å²) in [6.45, 7) is 15.1. The molecule has 10 heteroatoms. The highest BCUT2D eigenvalue weighted by Crippen LogP contribution is 2.48. The maximum absolute atomic E-state index is 13.8. The van der Waals surface area contributed by atoms with Crippen LogP contribution in [0.5, 0.6) is 0 Å². The number of benzene rings is 1.